The van der Waals surface area contributed by atoms with Gasteiger partial charge in [-0.25, -0.2) is 0 Å². The minimum Gasteiger partial charge on any atom is -0.494 e. The first-order valence-electron chi connectivity index (χ1n) is 7.73. The zero-order valence-corrected chi connectivity index (χ0v) is 13.3. The molecule has 1 fully saturated rings. The summed E-state index contributed by atoms with van der Waals surface area (Å²) in [7, 11) is 0. The monoisotopic (exact) mass is 324 g/mol. The van der Waals surface area contributed by atoms with Crippen LogP contribution in [-0.4, -0.2) is 6.61 Å². The van der Waals surface area contributed by atoms with Crippen molar-refractivity contribution in [3.05, 3.63) is 28.7 Å². The van der Waals surface area contributed by atoms with E-state index in [1.165, 1.54) is 57.8 Å². The smallest absolute Gasteiger partial charge is 0.119 e. The van der Waals surface area contributed by atoms with Crippen molar-refractivity contribution < 1.29 is 4.74 Å². The van der Waals surface area contributed by atoms with E-state index in [1.807, 2.05) is 24.3 Å². The van der Waals surface area contributed by atoms with E-state index in [-0.39, 0.29) is 0 Å². The molecular formula is C17H25BrO. The molecule has 0 bridgehead atoms. The fourth-order valence-corrected chi connectivity index (χ4v) is 3.19. The van der Waals surface area contributed by atoms with Gasteiger partial charge in [0.25, 0.3) is 0 Å². The summed E-state index contributed by atoms with van der Waals surface area (Å²) < 4.78 is 6.89. The molecule has 1 aromatic carbocycles. The molecule has 106 valence electrons. The topological polar surface area (TPSA) is 9.23 Å². The zero-order chi connectivity index (χ0) is 13.3. The highest BCUT2D eigenvalue weighted by Gasteiger charge is 2.10. The molecule has 2 rings (SSSR count). The van der Waals surface area contributed by atoms with E-state index in [4.69, 9.17) is 4.74 Å². The SMILES string of the molecule is Brc1ccc(OCCCC2CCCCCCC2)cc1. The molecule has 0 aliphatic heterocycles. The maximum atomic E-state index is 5.79. The van der Waals surface area contributed by atoms with Crippen molar-refractivity contribution in [3.63, 3.8) is 0 Å². The van der Waals surface area contributed by atoms with Crippen molar-refractivity contribution in [1.82, 2.24) is 0 Å². The van der Waals surface area contributed by atoms with Crippen LogP contribution >= 0.6 is 15.9 Å². The molecule has 1 aromatic rings. The molecule has 0 aromatic heterocycles. The summed E-state index contributed by atoms with van der Waals surface area (Å²) in [6.45, 7) is 0.859. The minimum atomic E-state index is 0.859. The van der Waals surface area contributed by atoms with Gasteiger partial charge in [0.2, 0.25) is 0 Å². The summed E-state index contributed by atoms with van der Waals surface area (Å²) in [4.78, 5) is 0. The van der Waals surface area contributed by atoms with Gasteiger partial charge in [0, 0.05) is 4.47 Å². The lowest BCUT2D eigenvalue weighted by atomic mass is 9.88. The molecule has 2 heteroatoms. The van der Waals surface area contributed by atoms with Crippen LogP contribution in [0.3, 0.4) is 0 Å². The van der Waals surface area contributed by atoms with Crippen molar-refractivity contribution in [1.29, 1.82) is 0 Å². The predicted molar refractivity (Wildman–Crippen MR) is 84.7 cm³/mol. The molecule has 0 unspecified atom stereocenters. The first kappa shape index (κ1) is 14.9. The third kappa shape index (κ3) is 5.99. The van der Waals surface area contributed by atoms with Gasteiger partial charge < -0.3 is 4.74 Å². The van der Waals surface area contributed by atoms with E-state index in [2.05, 4.69) is 15.9 Å². The first-order chi connectivity index (χ1) is 9.34. The van der Waals surface area contributed by atoms with Gasteiger partial charge in [0.1, 0.15) is 5.75 Å². The Bertz CT molecular complexity index is 339. The number of rotatable bonds is 5. The fourth-order valence-electron chi connectivity index (χ4n) is 2.92. The van der Waals surface area contributed by atoms with E-state index >= 15 is 0 Å². The molecular weight excluding hydrogens is 300 g/mol. The molecule has 0 saturated heterocycles. The van der Waals surface area contributed by atoms with E-state index in [1.54, 1.807) is 0 Å². The van der Waals surface area contributed by atoms with Crippen molar-refractivity contribution in [2.45, 2.75) is 57.8 Å². The number of hydrogen-bond donors (Lipinski definition) is 0. The molecule has 1 aliphatic carbocycles. The summed E-state index contributed by atoms with van der Waals surface area (Å²) in [6, 6.07) is 8.12. The van der Waals surface area contributed by atoms with Crippen LogP contribution in [0.15, 0.2) is 28.7 Å². The molecule has 0 atom stereocenters. The number of hydrogen-bond acceptors (Lipinski definition) is 1. The largest absolute Gasteiger partial charge is 0.494 e. The quantitative estimate of drug-likeness (QED) is 0.606. The standard InChI is InChI=1S/C17H25BrO/c18-16-10-12-17(13-11-16)19-14-6-9-15-7-4-2-1-3-5-8-15/h10-13,15H,1-9,14H2. The lowest BCUT2D eigenvalue weighted by molar-refractivity contribution is 0.276. The van der Waals surface area contributed by atoms with Crippen LogP contribution in [0.5, 0.6) is 5.75 Å². The Morgan fingerprint density at radius 1 is 0.947 bits per heavy atom. The van der Waals surface area contributed by atoms with E-state index in [0.29, 0.717) is 0 Å². The predicted octanol–water partition coefficient (Wildman–Crippen LogP) is 5.97. The number of benzene rings is 1. The van der Waals surface area contributed by atoms with Crippen LogP contribution in [0, 0.1) is 5.92 Å². The third-order valence-electron chi connectivity index (χ3n) is 4.06. The molecule has 0 heterocycles. The van der Waals surface area contributed by atoms with Gasteiger partial charge in [-0.05, 0) is 43.0 Å². The molecule has 0 amide bonds. The molecule has 19 heavy (non-hydrogen) atoms. The van der Waals surface area contributed by atoms with Crippen LogP contribution in [-0.2, 0) is 0 Å². The molecule has 1 aliphatic rings. The maximum Gasteiger partial charge on any atom is 0.119 e. The van der Waals surface area contributed by atoms with Gasteiger partial charge in [-0.1, -0.05) is 60.9 Å². The Hall–Kier alpha value is -0.500. The summed E-state index contributed by atoms with van der Waals surface area (Å²) >= 11 is 3.44. The second-order valence-corrected chi connectivity index (χ2v) is 6.57. The van der Waals surface area contributed by atoms with Gasteiger partial charge in [0.05, 0.1) is 6.61 Å². The van der Waals surface area contributed by atoms with Gasteiger partial charge in [-0.15, -0.1) is 0 Å². The summed E-state index contributed by atoms with van der Waals surface area (Å²) in [6.07, 6.45) is 12.7. The van der Waals surface area contributed by atoms with Gasteiger partial charge in [-0.2, -0.15) is 0 Å². The van der Waals surface area contributed by atoms with Crippen molar-refractivity contribution in [2.24, 2.45) is 5.92 Å². The second-order valence-electron chi connectivity index (χ2n) is 5.66. The van der Waals surface area contributed by atoms with Crippen LogP contribution in [0.25, 0.3) is 0 Å². The summed E-state index contributed by atoms with van der Waals surface area (Å²) in [5.41, 5.74) is 0. The van der Waals surface area contributed by atoms with Gasteiger partial charge >= 0.3 is 0 Å². The Morgan fingerprint density at radius 3 is 2.26 bits per heavy atom. The van der Waals surface area contributed by atoms with E-state index in [0.717, 1.165) is 22.7 Å². The normalized spacial score (nSPS) is 17.7. The van der Waals surface area contributed by atoms with Crippen LogP contribution in [0.2, 0.25) is 0 Å². The highest BCUT2D eigenvalue weighted by Crippen LogP contribution is 2.26. The van der Waals surface area contributed by atoms with Gasteiger partial charge in [-0.3, -0.25) is 0 Å². The Labute approximate surface area is 125 Å². The lowest BCUT2D eigenvalue weighted by Gasteiger charge is -2.19. The maximum absolute atomic E-state index is 5.79. The Kier molecular flexibility index (Phi) is 6.77. The third-order valence-corrected chi connectivity index (χ3v) is 4.59. The van der Waals surface area contributed by atoms with E-state index in [9.17, 15) is 0 Å². The van der Waals surface area contributed by atoms with Crippen LogP contribution < -0.4 is 4.74 Å². The number of halogens is 1. The number of ether oxygens (including phenoxy) is 1. The van der Waals surface area contributed by atoms with Crippen molar-refractivity contribution in [3.8, 4) is 5.75 Å². The summed E-state index contributed by atoms with van der Waals surface area (Å²) in [5, 5.41) is 0. The molecule has 0 N–H and O–H groups in total. The molecule has 0 spiro atoms. The average Bonchev–Trinajstić information content (AvgIpc) is 2.38. The van der Waals surface area contributed by atoms with Crippen molar-refractivity contribution >= 4 is 15.9 Å². The minimum absolute atomic E-state index is 0.859. The molecule has 0 radical (unpaired) electrons. The Morgan fingerprint density at radius 2 is 1.58 bits per heavy atom. The fraction of sp³-hybridized carbons (Fsp3) is 0.647. The highest BCUT2D eigenvalue weighted by atomic mass is 79.9. The average molecular weight is 325 g/mol. The Balaban J connectivity index is 1.61. The van der Waals surface area contributed by atoms with Crippen LogP contribution in [0.1, 0.15) is 57.8 Å². The van der Waals surface area contributed by atoms with Crippen LogP contribution in [0.4, 0.5) is 0 Å². The zero-order valence-electron chi connectivity index (χ0n) is 11.7. The second kappa shape index (κ2) is 8.63. The van der Waals surface area contributed by atoms with Gasteiger partial charge in [0.15, 0.2) is 0 Å². The molecule has 1 nitrogen and oxygen atoms in total. The van der Waals surface area contributed by atoms with E-state index < -0.39 is 0 Å². The first-order valence-corrected chi connectivity index (χ1v) is 8.52. The summed E-state index contributed by atoms with van der Waals surface area (Å²) in [5.74, 6) is 1.94. The van der Waals surface area contributed by atoms with Crippen molar-refractivity contribution in [2.75, 3.05) is 6.61 Å². The highest BCUT2D eigenvalue weighted by molar-refractivity contribution is 9.10. The molecule has 1 saturated carbocycles. The lowest BCUT2D eigenvalue weighted by Crippen LogP contribution is -2.06.